The third-order valence-corrected chi connectivity index (χ3v) is 3.56. The Hall–Kier alpha value is -1.36. The first-order valence-electron chi connectivity index (χ1n) is 6.96. The SMILES string of the molecule is CCc1noc(C)c1C(=O)NC[C@@H](O)C(CC)CC. The number of aliphatic hydroxyl groups is 1. The summed E-state index contributed by atoms with van der Waals surface area (Å²) in [5.74, 6) is 0.515. The molecule has 1 aromatic rings. The highest BCUT2D eigenvalue weighted by atomic mass is 16.5. The molecule has 0 aliphatic rings. The van der Waals surface area contributed by atoms with Gasteiger partial charge in [-0.1, -0.05) is 38.8 Å². The third kappa shape index (κ3) is 3.80. The minimum Gasteiger partial charge on any atom is -0.391 e. The van der Waals surface area contributed by atoms with Crippen molar-refractivity contribution in [2.24, 2.45) is 5.92 Å². The van der Waals surface area contributed by atoms with E-state index >= 15 is 0 Å². The highest BCUT2D eigenvalue weighted by Gasteiger charge is 2.21. The van der Waals surface area contributed by atoms with Crippen molar-refractivity contribution in [2.45, 2.75) is 53.1 Å². The molecule has 108 valence electrons. The van der Waals surface area contributed by atoms with E-state index < -0.39 is 6.10 Å². The summed E-state index contributed by atoms with van der Waals surface area (Å²) in [5, 5.41) is 16.6. The summed E-state index contributed by atoms with van der Waals surface area (Å²) in [6.45, 7) is 7.99. The molecule has 1 heterocycles. The molecule has 5 heteroatoms. The number of carbonyl (C=O) groups excluding carboxylic acids is 1. The van der Waals surface area contributed by atoms with Crippen molar-refractivity contribution in [1.82, 2.24) is 10.5 Å². The maximum absolute atomic E-state index is 12.1. The second kappa shape index (κ2) is 7.28. The molecule has 0 unspecified atom stereocenters. The maximum Gasteiger partial charge on any atom is 0.256 e. The first-order chi connectivity index (χ1) is 9.04. The Bertz CT molecular complexity index is 411. The van der Waals surface area contributed by atoms with Crippen LogP contribution in [0.15, 0.2) is 4.52 Å². The average molecular weight is 268 g/mol. The Morgan fingerprint density at radius 3 is 2.53 bits per heavy atom. The minimum absolute atomic E-state index is 0.217. The van der Waals surface area contributed by atoms with Gasteiger partial charge in [0.05, 0.1) is 11.8 Å². The smallest absolute Gasteiger partial charge is 0.256 e. The summed E-state index contributed by atoms with van der Waals surface area (Å²) in [4.78, 5) is 12.1. The van der Waals surface area contributed by atoms with Crippen LogP contribution >= 0.6 is 0 Å². The Balaban J connectivity index is 2.63. The van der Waals surface area contributed by atoms with Crippen LogP contribution in [0.3, 0.4) is 0 Å². The number of aromatic nitrogens is 1. The van der Waals surface area contributed by atoms with Crippen molar-refractivity contribution in [3.63, 3.8) is 0 Å². The van der Waals surface area contributed by atoms with Gasteiger partial charge >= 0.3 is 0 Å². The minimum atomic E-state index is -0.510. The summed E-state index contributed by atoms with van der Waals surface area (Å²) < 4.78 is 5.03. The summed E-state index contributed by atoms with van der Waals surface area (Å²) >= 11 is 0. The molecule has 19 heavy (non-hydrogen) atoms. The van der Waals surface area contributed by atoms with Crippen molar-refractivity contribution in [1.29, 1.82) is 0 Å². The van der Waals surface area contributed by atoms with Crippen LogP contribution in [0.1, 0.15) is 55.4 Å². The zero-order valence-electron chi connectivity index (χ0n) is 12.2. The predicted molar refractivity (Wildman–Crippen MR) is 73.0 cm³/mol. The zero-order valence-corrected chi connectivity index (χ0v) is 12.2. The Morgan fingerprint density at radius 2 is 2.00 bits per heavy atom. The molecule has 0 aliphatic heterocycles. The first-order valence-corrected chi connectivity index (χ1v) is 6.96. The van der Waals surface area contributed by atoms with E-state index in [2.05, 4.69) is 10.5 Å². The number of aryl methyl sites for hydroxylation is 2. The normalized spacial score (nSPS) is 12.7. The summed E-state index contributed by atoms with van der Waals surface area (Å²) in [5.41, 5.74) is 1.16. The van der Waals surface area contributed by atoms with Gasteiger partial charge in [-0.3, -0.25) is 4.79 Å². The molecule has 1 aromatic heterocycles. The molecule has 0 saturated carbocycles. The van der Waals surface area contributed by atoms with Gasteiger partial charge in [0, 0.05) is 6.54 Å². The summed E-state index contributed by atoms with van der Waals surface area (Å²) in [6, 6.07) is 0. The van der Waals surface area contributed by atoms with Crippen molar-refractivity contribution in [3.05, 3.63) is 17.0 Å². The number of hydrogen-bond donors (Lipinski definition) is 2. The molecule has 0 aliphatic carbocycles. The molecular formula is C14H24N2O3. The van der Waals surface area contributed by atoms with E-state index in [0.717, 1.165) is 12.8 Å². The zero-order chi connectivity index (χ0) is 14.4. The lowest BCUT2D eigenvalue weighted by Gasteiger charge is -2.20. The number of nitrogens with zero attached hydrogens (tertiary/aromatic N) is 1. The Morgan fingerprint density at radius 1 is 1.37 bits per heavy atom. The van der Waals surface area contributed by atoms with Crippen molar-refractivity contribution >= 4 is 5.91 Å². The maximum atomic E-state index is 12.1. The lowest BCUT2D eigenvalue weighted by atomic mass is 9.96. The van der Waals surface area contributed by atoms with Gasteiger partial charge in [-0.05, 0) is 19.3 Å². The standard InChI is InChI=1S/C14H24N2O3/c1-5-10(6-2)12(17)8-15-14(18)13-9(4)19-16-11(13)7-3/h10,12,17H,5-8H2,1-4H3,(H,15,18)/t12-/m1/s1. The molecule has 5 nitrogen and oxygen atoms in total. The average Bonchev–Trinajstić information content (AvgIpc) is 2.78. The molecule has 1 atom stereocenters. The number of hydrogen-bond acceptors (Lipinski definition) is 4. The Labute approximate surface area is 114 Å². The highest BCUT2D eigenvalue weighted by Crippen LogP contribution is 2.15. The number of aliphatic hydroxyl groups excluding tert-OH is 1. The predicted octanol–water partition coefficient (Wildman–Crippen LogP) is 2.07. The largest absolute Gasteiger partial charge is 0.391 e. The van der Waals surface area contributed by atoms with E-state index in [0.29, 0.717) is 23.4 Å². The van der Waals surface area contributed by atoms with Gasteiger partial charge in [0.1, 0.15) is 11.3 Å². The van der Waals surface area contributed by atoms with Crippen LogP contribution < -0.4 is 5.32 Å². The van der Waals surface area contributed by atoms with E-state index in [1.807, 2.05) is 20.8 Å². The fourth-order valence-corrected chi connectivity index (χ4v) is 2.24. The monoisotopic (exact) mass is 268 g/mol. The van der Waals surface area contributed by atoms with E-state index in [-0.39, 0.29) is 18.4 Å². The fraction of sp³-hybridized carbons (Fsp3) is 0.714. The molecule has 0 radical (unpaired) electrons. The second-order valence-corrected chi connectivity index (χ2v) is 4.77. The molecule has 0 spiro atoms. The van der Waals surface area contributed by atoms with Crippen LogP contribution in [-0.2, 0) is 6.42 Å². The molecule has 0 aromatic carbocycles. The number of carbonyl (C=O) groups is 1. The van der Waals surface area contributed by atoms with Crippen LogP contribution in [0.4, 0.5) is 0 Å². The number of rotatable bonds is 7. The molecule has 0 saturated heterocycles. The second-order valence-electron chi connectivity index (χ2n) is 4.77. The molecule has 2 N–H and O–H groups in total. The van der Waals surface area contributed by atoms with Gasteiger partial charge in [0.15, 0.2) is 0 Å². The number of amides is 1. The molecule has 1 rings (SSSR count). The van der Waals surface area contributed by atoms with Crippen LogP contribution in [0.2, 0.25) is 0 Å². The van der Waals surface area contributed by atoms with Crippen LogP contribution in [-0.4, -0.2) is 28.8 Å². The van der Waals surface area contributed by atoms with Crippen LogP contribution in [0.25, 0.3) is 0 Å². The van der Waals surface area contributed by atoms with Crippen molar-refractivity contribution in [2.75, 3.05) is 6.54 Å². The van der Waals surface area contributed by atoms with E-state index in [1.54, 1.807) is 6.92 Å². The Kier molecular flexibility index (Phi) is 6.02. The van der Waals surface area contributed by atoms with E-state index in [4.69, 9.17) is 4.52 Å². The van der Waals surface area contributed by atoms with Crippen molar-refractivity contribution in [3.8, 4) is 0 Å². The van der Waals surface area contributed by atoms with Gasteiger partial charge in [0.25, 0.3) is 5.91 Å². The topological polar surface area (TPSA) is 75.4 Å². The van der Waals surface area contributed by atoms with E-state index in [9.17, 15) is 9.90 Å². The van der Waals surface area contributed by atoms with Crippen LogP contribution in [0.5, 0.6) is 0 Å². The highest BCUT2D eigenvalue weighted by molar-refractivity contribution is 5.96. The molecule has 0 fully saturated rings. The lowest BCUT2D eigenvalue weighted by molar-refractivity contribution is 0.0815. The van der Waals surface area contributed by atoms with Gasteiger partial charge in [-0.15, -0.1) is 0 Å². The number of nitrogens with one attached hydrogen (secondary N) is 1. The van der Waals surface area contributed by atoms with Crippen molar-refractivity contribution < 1.29 is 14.4 Å². The molecule has 1 amide bonds. The van der Waals surface area contributed by atoms with Gasteiger partial charge in [0.2, 0.25) is 0 Å². The first kappa shape index (κ1) is 15.7. The summed E-state index contributed by atoms with van der Waals surface area (Å²) in [7, 11) is 0. The lowest BCUT2D eigenvalue weighted by Crippen LogP contribution is -2.36. The summed E-state index contributed by atoms with van der Waals surface area (Å²) in [6.07, 6.45) is 1.94. The van der Waals surface area contributed by atoms with Gasteiger partial charge in [-0.2, -0.15) is 0 Å². The van der Waals surface area contributed by atoms with Crippen LogP contribution in [0, 0.1) is 12.8 Å². The van der Waals surface area contributed by atoms with E-state index in [1.165, 1.54) is 0 Å². The fourth-order valence-electron chi connectivity index (χ4n) is 2.24. The van der Waals surface area contributed by atoms with Gasteiger partial charge in [-0.25, -0.2) is 0 Å². The molecule has 0 bridgehead atoms. The van der Waals surface area contributed by atoms with Gasteiger partial charge < -0.3 is 14.9 Å². The quantitative estimate of drug-likeness (QED) is 0.794. The molecular weight excluding hydrogens is 244 g/mol. The third-order valence-electron chi connectivity index (χ3n) is 3.56.